The highest BCUT2D eigenvalue weighted by atomic mass is 35.5. The predicted octanol–water partition coefficient (Wildman–Crippen LogP) is 4.28. The van der Waals surface area contributed by atoms with E-state index in [1.807, 2.05) is 24.3 Å². The van der Waals surface area contributed by atoms with E-state index in [2.05, 4.69) is 19.0 Å². The Kier molecular flexibility index (Phi) is 2.91. The van der Waals surface area contributed by atoms with Crippen LogP contribution in [0.15, 0.2) is 30.3 Å². The number of thiazole rings is 1. The van der Waals surface area contributed by atoms with Crippen LogP contribution in [0.25, 0.3) is 21.3 Å². The molecule has 0 aliphatic rings. The van der Waals surface area contributed by atoms with E-state index in [9.17, 15) is 0 Å². The Hall–Kier alpha value is -1.96. The van der Waals surface area contributed by atoms with E-state index in [1.54, 1.807) is 6.07 Å². The van der Waals surface area contributed by atoms with E-state index in [1.165, 1.54) is 11.3 Å². The van der Waals surface area contributed by atoms with Gasteiger partial charge in [-0.2, -0.15) is 8.75 Å². The molecule has 0 saturated carbocycles. The van der Waals surface area contributed by atoms with Crippen molar-refractivity contribution < 1.29 is 0 Å². The minimum absolute atomic E-state index is 0.592. The van der Waals surface area contributed by atoms with Crippen molar-refractivity contribution in [2.24, 2.45) is 0 Å². The van der Waals surface area contributed by atoms with Gasteiger partial charge in [-0.05, 0) is 30.3 Å². The molecule has 0 spiro atoms. The van der Waals surface area contributed by atoms with E-state index in [0.717, 1.165) is 49.5 Å². The number of halogens is 1. The summed E-state index contributed by atoms with van der Waals surface area (Å²) < 4.78 is 9.52. The zero-order valence-electron chi connectivity index (χ0n) is 10.5. The average Bonchev–Trinajstić information content (AvgIpc) is 3.07. The standard InChI is InChI=1S/C13H8ClN5S2/c14-7-2-4-9-12(19-21-18-9)11(7)17-13-16-8-3-1-6(15)5-10(8)20-13/h1-5H,15H2,(H,16,17). The van der Waals surface area contributed by atoms with Crippen molar-refractivity contribution >= 4 is 72.4 Å². The first-order valence-corrected chi connectivity index (χ1v) is 7.97. The van der Waals surface area contributed by atoms with Gasteiger partial charge in [0.1, 0.15) is 11.0 Å². The number of nitrogens with zero attached hydrogens (tertiary/aromatic N) is 3. The van der Waals surface area contributed by atoms with Crippen molar-refractivity contribution in [2.75, 3.05) is 11.1 Å². The third kappa shape index (κ3) is 2.19. The summed E-state index contributed by atoms with van der Waals surface area (Å²) in [5.74, 6) is 0. The van der Waals surface area contributed by atoms with E-state index < -0.39 is 0 Å². The highest BCUT2D eigenvalue weighted by Crippen LogP contribution is 2.35. The summed E-state index contributed by atoms with van der Waals surface area (Å²) >= 11 is 8.95. The second-order valence-corrected chi connectivity index (χ2v) is 6.39. The molecule has 2 aromatic heterocycles. The van der Waals surface area contributed by atoms with Crippen LogP contribution in [-0.2, 0) is 0 Å². The van der Waals surface area contributed by atoms with Crippen LogP contribution in [0.5, 0.6) is 0 Å². The largest absolute Gasteiger partial charge is 0.399 e. The number of benzene rings is 2. The number of nitrogen functional groups attached to an aromatic ring is 1. The minimum atomic E-state index is 0.592. The molecule has 0 amide bonds. The molecule has 0 aliphatic carbocycles. The van der Waals surface area contributed by atoms with Gasteiger partial charge in [0.2, 0.25) is 0 Å². The average molecular weight is 334 g/mol. The van der Waals surface area contributed by atoms with Crippen LogP contribution in [0.2, 0.25) is 5.02 Å². The van der Waals surface area contributed by atoms with Gasteiger partial charge in [-0.15, -0.1) is 0 Å². The molecule has 21 heavy (non-hydrogen) atoms. The molecule has 2 aromatic carbocycles. The molecule has 8 heteroatoms. The van der Waals surface area contributed by atoms with Gasteiger partial charge in [0.15, 0.2) is 5.13 Å². The summed E-state index contributed by atoms with van der Waals surface area (Å²) in [5.41, 5.74) is 9.72. The Balaban J connectivity index is 1.82. The van der Waals surface area contributed by atoms with Gasteiger partial charge in [0.05, 0.1) is 32.7 Å². The first-order chi connectivity index (χ1) is 10.2. The van der Waals surface area contributed by atoms with Crippen molar-refractivity contribution in [3.63, 3.8) is 0 Å². The van der Waals surface area contributed by atoms with Crippen LogP contribution in [0, 0.1) is 0 Å². The van der Waals surface area contributed by atoms with E-state index >= 15 is 0 Å². The van der Waals surface area contributed by atoms with E-state index in [4.69, 9.17) is 17.3 Å². The summed E-state index contributed by atoms with van der Waals surface area (Å²) in [6, 6.07) is 9.30. The fraction of sp³-hybridized carbons (Fsp3) is 0. The number of hydrogen-bond acceptors (Lipinski definition) is 7. The number of nitrogens with one attached hydrogen (secondary N) is 1. The smallest absolute Gasteiger partial charge is 0.188 e. The molecule has 2 heterocycles. The normalized spacial score (nSPS) is 11.3. The molecule has 0 aliphatic heterocycles. The van der Waals surface area contributed by atoms with Crippen LogP contribution in [-0.4, -0.2) is 13.7 Å². The second kappa shape index (κ2) is 4.80. The lowest BCUT2D eigenvalue weighted by Gasteiger charge is -2.05. The summed E-state index contributed by atoms with van der Waals surface area (Å²) in [5, 5.41) is 4.59. The Morgan fingerprint density at radius 3 is 2.86 bits per heavy atom. The molecule has 5 nitrogen and oxygen atoms in total. The summed E-state index contributed by atoms with van der Waals surface area (Å²) in [4.78, 5) is 4.53. The number of aromatic nitrogens is 3. The maximum Gasteiger partial charge on any atom is 0.188 e. The molecular formula is C13H8ClN5S2. The zero-order chi connectivity index (χ0) is 14.4. The van der Waals surface area contributed by atoms with Crippen LogP contribution < -0.4 is 11.1 Å². The third-order valence-electron chi connectivity index (χ3n) is 3.02. The molecule has 0 fully saturated rings. The molecule has 3 N–H and O–H groups in total. The number of hydrogen-bond donors (Lipinski definition) is 2. The Labute approximate surface area is 132 Å². The van der Waals surface area contributed by atoms with Gasteiger partial charge in [0, 0.05) is 5.69 Å². The van der Waals surface area contributed by atoms with E-state index in [0.29, 0.717) is 5.02 Å². The quantitative estimate of drug-likeness (QED) is 0.535. The molecular weight excluding hydrogens is 326 g/mol. The van der Waals surface area contributed by atoms with E-state index in [-0.39, 0.29) is 0 Å². The van der Waals surface area contributed by atoms with Crippen LogP contribution in [0.1, 0.15) is 0 Å². The highest BCUT2D eigenvalue weighted by Gasteiger charge is 2.12. The molecule has 0 bridgehead atoms. The van der Waals surface area contributed by atoms with Crippen molar-refractivity contribution in [3.8, 4) is 0 Å². The lowest BCUT2D eigenvalue weighted by atomic mass is 10.2. The fourth-order valence-electron chi connectivity index (χ4n) is 2.05. The summed E-state index contributed by atoms with van der Waals surface area (Å²) in [7, 11) is 0. The maximum absolute atomic E-state index is 6.27. The Morgan fingerprint density at radius 2 is 1.95 bits per heavy atom. The third-order valence-corrected chi connectivity index (χ3v) is 4.81. The fourth-order valence-corrected chi connectivity index (χ4v) is 3.71. The van der Waals surface area contributed by atoms with Crippen molar-refractivity contribution in [1.29, 1.82) is 0 Å². The minimum Gasteiger partial charge on any atom is -0.399 e. The first kappa shape index (κ1) is 12.8. The molecule has 104 valence electrons. The lowest BCUT2D eigenvalue weighted by Crippen LogP contribution is -1.91. The topological polar surface area (TPSA) is 76.7 Å². The molecule has 0 unspecified atom stereocenters. The zero-order valence-corrected chi connectivity index (χ0v) is 12.9. The highest BCUT2D eigenvalue weighted by molar-refractivity contribution is 7.22. The van der Waals surface area contributed by atoms with Gasteiger partial charge >= 0.3 is 0 Å². The molecule has 0 radical (unpaired) electrons. The van der Waals surface area contributed by atoms with Crippen LogP contribution in [0.4, 0.5) is 16.5 Å². The predicted molar refractivity (Wildman–Crippen MR) is 89.7 cm³/mol. The molecule has 4 aromatic rings. The number of nitrogens with two attached hydrogens (primary N) is 1. The Bertz CT molecular complexity index is 962. The summed E-state index contributed by atoms with van der Waals surface area (Å²) in [6.07, 6.45) is 0. The summed E-state index contributed by atoms with van der Waals surface area (Å²) in [6.45, 7) is 0. The molecule has 0 saturated heterocycles. The number of rotatable bonds is 2. The lowest BCUT2D eigenvalue weighted by molar-refractivity contribution is 1.45. The molecule has 0 atom stereocenters. The van der Waals surface area contributed by atoms with Crippen molar-refractivity contribution in [3.05, 3.63) is 35.4 Å². The Morgan fingerprint density at radius 1 is 1.10 bits per heavy atom. The van der Waals surface area contributed by atoms with Crippen molar-refractivity contribution in [1.82, 2.24) is 13.7 Å². The SMILES string of the molecule is Nc1ccc2nc(Nc3c(Cl)ccc4nsnc34)sc2c1. The number of fused-ring (bicyclic) bond motifs is 2. The van der Waals surface area contributed by atoms with Gasteiger partial charge in [-0.3, -0.25) is 0 Å². The van der Waals surface area contributed by atoms with Gasteiger partial charge in [-0.25, -0.2) is 4.98 Å². The van der Waals surface area contributed by atoms with Gasteiger partial charge in [-0.1, -0.05) is 22.9 Å². The monoisotopic (exact) mass is 333 g/mol. The van der Waals surface area contributed by atoms with Gasteiger partial charge in [0.25, 0.3) is 0 Å². The second-order valence-electron chi connectivity index (χ2n) is 4.43. The first-order valence-electron chi connectivity index (χ1n) is 6.04. The van der Waals surface area contributed by atoms with Crippen LogP contribution >= 0.6 is 34.7 Å². The molecule has 4 rings (SSSR count). The maximum atomic E-state index is 6.27. The number of anilines is 3. The van der Waals surface area contributed by atoms with Crippen LogP contribution in [0.3, 0.4) is 0 Å². The van der Waals surface area contributed by atoms with Crippen molar-refractivity contribution in [2.45, 2.75) is 0 Å². The van der Waals surface area contributed by atoms with Gasteiger partial charge < -0.3 is 11.1 Å².